The van der Waals surface area contributed by atoms with Gasteiger partial charge in [-0.25, -0.2) is 9.97 Å². The lowest BCUT2D eigenvalue weighted by molar-refractivity contribution is 0.983. The Bertz CT molecular complexity index is 506. The normalized spacial score (nSPS) is 10.1. The van der Waals surface area contributed by atoms with Gasteiger partial charge in [0.2, 0.25) is 5.95 Å². The predicted octanol–water partition coefficient (Wildman–Crippen LogP) is 3.43. The van der Waals surface area contributed by atoms with E-state index in [0.29, 0.717) is 5.95 Å². The van der Waals surface area contributed by atoms with Crippen LogP contribution >= 0.6 is 11.6 Å². The maximum Gasteiger partial charge on any atom is 0.222 e. The van der Waals surface area contributed by atoms with Crippen LogP contribution in [0.5, 0.6) is 0 Å². The van der Waals surface area contributed by atoms with Crippen molar-refractivity contribution in [3.8, 4) is 0 Å². The summed E-state index contributed by atoms with van der Waals surface area (Å²) >= 11 is 5.83. The van der Waals surface area contributed by atoms with Crippen LogP contribution in [-0.4, -0.2) is 16.5 Å². The van der Waals surface area contributed by atoms with Gasteiger partial charge < -0.3 is 5.32 Å². The summed E-state index contributed by atoms with van der Waals surface area (Å²) in [6, 6.07) is 7.83. The van der Waals surface area contributed by atoms with E-state index in [1.54, 1.807) is 18.5 Å². The average molecular weight is 260 g/mol. The summed E-state index contributed by atoms with van der Waals surface area (Å²) in [6.07, 6.45) is 6.11. The second-order valence-electron chi connectivity index (χ2n) is 3.85. The molecule has 1 heterocycles. The highest BCUT2D eigenvalue weighted by Crippen LogP contribution is 2.10. The zero-order valence-electron chi connectivity index (χ0n) is 9.94. The zero-order valence-corrected chi connectivity index (χ0v) is 10.7. The van der Waals surface area contributed by atoms with Crippen molar-refractivity contribution in [2.45, 2.75) is 6.42 Å². The minimum absolute atomic E-state index is 0.634. The molecule has 0 atom stereocenters. The Kier molecular flexibility index (Phi) is 4.31. The molecule has 0 fully saturated rings. The van der Waals surface area contributed by atoms with Gasteiger partial charge in [-0.05, 0) is 24.1 Å². The minimum atomic E-state index is 0.634. The second-order valence-corrected chi connectivity index (χ2v) is 4.28. The van der Waals surface area contributed by atoms with E-state index in [2.05, 4.69) is 21.9 Å². The monoisotopic (exact) mass is 259 g/mol. The first-order valence-electron chi connectivity index (χ1n) is 5.71. The van der Waals surface area contributed by atoms with Crippen LogP contribution in [-0.2, 0) is 6.42 Å². The third kappa shape index (κ3) is 3.57. The van der Waals surface area contributed by atoms with Crippen molar-refractivity contribution in [1.29, 1.82) is 0 Å². The number of anilines is 1. The van der Waals surface area contributed by atoms with Crippen LogP contribution in [0.4, 0.5) is 5.95 Å². The van der Waals surface area contributed by atoms with E-state index in [9.17, 15) is 0 Å². The van der Waals surface area contributed by atoms with Crippen LogP contribution in [0, 0.1) is 0 Å². The molecule has 0 radical (unpaired) electrons. The fraction of sp³-hybridized carbons (Fsp3) is 0.143. The van der Waals surface area contributed by atoms with E-state index in [1.165, 1.54) is 5.56 Å². The van der Waals surface area contributed by atoms with Gasteiger partial charge >= 0.3 is 0 Å². The maximum absolute atomic E-state index is 5.83. The minimum Gasteiger partial charge on any atom is -0.354 e. The number of rotatable bonds is 5. The van der Waals surface area contributed by atoms with Gasteiger partial charge in [-0.1, -0.05) is 36.4 Å². The Balaban J connectivity index is 1.84. The van der Waals surface area contributed by atoms with Crippen LogP contribution in [0.25, 0.3) is 6.08 Å². The van der Waals surface area contributed by atoms with Crippen LogP contribution in [0.3, 0.4) is 0 Å². The predicted molar refractivity (Wildman–Crippen MR) is 75.8 cm³/mol. The van der Waals surface area contributed by atoms with Gasteiger partial charge in [0.15, 0.2) is 0 Å². The van der Waals surface area contributed by atoms with E-state index < -0.39 is 0 Å². The van der Waals surface area contributed by atoms with Crippen molar-refractivity contribution in [2.75, 3.05) is 11.9 Å². The van der Waals surface area contributed by atoms with Crippen molar-refractivity contribution in [1.82, 2.24) is 9.97 Å². The molecule has 1 aromatic heterocycles. The van der Waals surface area contributed by atoms with Crippen molar-refractivity contribution in [3.05, 3.63) is 59.4 Å². The Hall–Kier alpha value is -1.87. The maximum atomic E-state index is 5.83. The highest BCUT2D eigenvalue weighted by atomic mass is 35.5. The molecule has 0 bridgehead atoms. The van der Waals surface area contributed by atoms with Gasteiger partial charge in [-0.2, -0.15) is 0 Å². The van der Waals surface area contributed by atoms with Crippen LogP contribution in [0.1, 0.15) is 11.1 Å². The lowest BCUT2D eigenvalue weighted by Gasteiger charge is -2.05. The summed E-state index contributed by atoms with van der Waals surface area (Å²) < 4.78 is 0. The van der Waals surface area contributed by atoms with E-state index in [-0.39, 0.29) is 0 Å². The summed E-state index contributed by atoms with van der Waals surface area (Å²) in [5, 5.41) is 3.93. The fourth-order valence-electron chi connectivity index (χ4n) is 1.50. The summed E-state index contributed by atoms with van der Waals surface area (Å²) in [6.45, 7) is 4.45. The molecule has 18 heavy (non-hydrogen) atoms. The Morgan fingerprint density at radius 3 is 2.44 bits per heavy atom. The lowest BCUT2D eigenvalue weighted by Crippen LogP contribution is -2.07. The first-order valence-corrected chi connectivity index (χ1v) is 6.08. The Morgan fingerprint density at radius 1 is 1.17 bits per heavy atom. The van der Waals surface area contributed by atoms with Gasteiger partial charge in [-0.15, -0.1) is 0 Å². The van der Waals surface area contributed by atoms with Crippen molar-refractivity contribution in [2.24, 2.45) is 0 Å². The highest BCUT2D eigenvalue weighted by molar-refractivity contribution is 6.30. The number of nitrogens with one attached hydrogen (secondary N) is 1. The molecule has 2 rings (SSSR count). The number of aromatic nitrogens is 2. The van der Waals surface area contributed by atoms with Crippen LogP contribution < -0.4 is 5.32 Å². The standard InChI is InChI=1S/C14H14ClN3/c1-2-11-9-17-14(18-10-11)16-8-7-12-3-5-13(15)6-4-12/h2-6,9-10H,1,7-8H2,(H,16,17,18). The molecule has 4 heteroatoms. The highest BCUT2D eigenvalue weighted by Gasteiger charge is 1.96. The first-order chi connectivity index (χ1) is 8.78. The van der Waals surface area contributed by atoms with E-state index >= 15 is 0 Å². The quantitative estimate of drug-likeness (QED) is 0.894. The first kappa shape index (κ1) is 12.6. The molecule has 3 nitrogen and oxygen atoms in total. The summed E-state index contributed by atoms with van der Waals surface area (Å²) in [5.74, 6) is 0.634. The molecular formula is C14H14ClN3. The summed E-state index contributed by atoms with van der Waals surface area (Å²) in [7, 11) is 0. The zero-order chi connectivity index (χ0) is 12.8. The fourth-order valence-corrected chi connectivity index (χ4v) is 1.63. The summed E-state index contributed by atoms with van der Waals surface area (Å²) in [4.78, 5) is 8.36. The Labute approximate surface area is 112 Å². The average Bonchev–Trinajstić information content (AvgIpc) is 2.42. The molecule has 0 unspecified atom stereocenters. The second kappa shape index (κ2) is 6.17. The molecule has 0 spiro atoms. The number of hydrogen-bond acceptors (Lipinski definition) is 3. The molecule has 1 aromatic carbocycles. The molecule has 0 aliphatic heterocycles. The van der Waals surface area contributed by atoms with Gasteiger partial charge in [0.05, 0.1) is 0 Å². The topological polar surface area (TPSA) is 37.8 Å². The van der Waals surface area contributed by atoms with Gasteiger partial charge in [0.25, 0.3) is 0 Å². The molecule has 2 aromatic rings. The summed E-state index contributed by atoms with van der Waals surface area (Å²) in [5.41, 5.74) is 2.15. The molecule has 0 saturated carbocycles. The molecule has 1 N–H and O–H groups in total. The molecular weight excluding hydrogens is 246 g/mol. The molecule has 0 aliphatic rings. The molecule has 0 saturated heterocycles. The third-order valence-electron chi connectivity index (χ3n) is 2.52. The van der Waals surface area contributed by atoms with Crippen LogP contribution in [0.2, 0.25) is 5.02 Å². The van der Waals surface area contributed by atoms with E-state index in [4.69, 9.17) is 11.6 Å². The number of benzene rings is 1. The van der Waals surface area contributed by atoms with Crippen molar-refractivity contribution < 1.29 is 0 Å². The number of nitrogens with zero attached hydrogens (tertiary/aromatic N) is 2. The van der Waals surface area contributed by atoms with Gasteiger partial charge in [-0.3, -0.25) is 0 Å². The lowest BCUT2D eigenvalue weighted by atomic mass is 10.1. The third-order valence-corrected chi connectivity index (χ3v) is 2.77. The molecule has 92 valence electrons. The van der Waals surface area contributed by atoms with Crippen molar-refractivity contribution >= 4 is 23.6 Å². The number of hydrogen-bond donors (Lipinski definition) is 1. The smallest absolute Gasteiger partial charge is 0.222 e. The Morgan fingerprint density at radius 2 is 1.83 bits per heavy atom. The van der Waals surface area contributed by atoms with E-state index in [1.807, 2.05) is 24.3 Å². The molecule has 0 aliphatic carbocycles. The van der Waals surface area contributed by atoms with Crippen molar-refractivity contribution in [3.63, 3.8) is 0 Å². The van der Waals surface area contributed by atoms with Crippen LogP contribution in [0.15, 0.2) is 43.2 Å². The molecule has 0 amide bonds. The number of halogens is 1. The SMILES string of the molecule is C=Cc1cnc(NCCc2ccc(Cl)cc2)nc1. The largest absolute Gasteiger partial charge is 0.354 e. The van der Waals surface area contributed by atoms with Gasteiger partial charge in [0.1, 0.15) is 0 Å². The van der Waals surface area contributed by atoms with Gasteiger partial charge in [0, 0.05) is 29.5 Å². The van der Waals surface area contributed by atoms with E-state index in [0.717, 1.165) is 23.6 Å².